The van der Waals surface area contributed by atoms with Gasteiger partial charge in [0.15, 0.2) is 0 Å². The van der Waals surface area contributed by atoms with Crippen molar-refractivity contribution in [3.63, 3.8) is 0 Å². The summed E-state index contributed by atoms with van der Waals surface area (Å²) in [6.07, 6.45) is 2.07. The molecule has 0 fully saturated rings. The van der Waals surface area contributed by atoms with Gasteiger partial charge in [-0.2, -0.15) is 11.8 Å². The first kappa shape index (κ1) is 12.4. The molecule has 1 rings (SSSR count). The number of rotatable bonds is 6. The lowest BCUT2D eigenvalue weighted by atomic mass is 10.1. The van der Waals surface area contributed by atoms with E-state index in [0.717, 1.165) is 11.5 Å². The van der Waals surface area contributed by atoms with Crippen molar-refractivity contribution < 1.29 is 4.74 Å². The van der Waals surface area contributed by atoms with Gasteiger partial charge in [-0.05, 0) is 30.9 Å². The molecule has 1 atom stereocenters. The normalized spacial score (nSPS) is 12.5. The van der Waals surface area contributed by atoms with Crippen LogP contribution in [0.15, 0.2) is 24.3 Å². The minimum atomic E-state index is 0.204. The van der Waals surface area contributed by atoms with E-state index in [-0.39, 0.29) is 6.04 Å². The monoisotopic (exact) mass is 226 g/mol. The summed E-state index contributed by atoms with van der Waals surface area (Å²) in [5.74, 6) is 7.36. The highest BCUT2D eigenvalue weighted by molar-refractivity contribution is 7.98. The van der Waals surface area contributed by atoms with Gasteiger partial charge in [0, 0.05) is 5.75 Å². The minimum Gasteiger partial charge on any atom is -0.494 e. The van der Waals surface area contributed by atoms with Crippen LogP contribution in [-0.2, 0) is 0 Å². The molecule has 3 nitrogen and oxygen atoms in total. The van der Waals surface area contributed by atoms with Crippen molar-refractivity contribution in [1.82, 2.24) is 5.43 Å². The predicted octanol–water partition coefficient (Wildman–Crippen LogP) is 1.95. The van der Waals surface area contributed by atoms with E-state index in [1.807, 2.05) is 31.2 Å². The molecular formula is C11H18N2OS. The second kappa shape index (κ2) is 6.71. The number of thioether (sulfide) groups is 1. The van der Waals surface area contributed by atoms with Gasteiger partial charge in [0.25, 0.3) is 0 Å². The molecule has 0 aliphatic rings. The van der Waals surface area contributed by atoms with Crippen LogP contribution in [0.4, 0.5) is 0 Å². The predicted molar refractivity (Wildman–Crippen MR) is 66.1 cm³/mol. The van der Waals surface area contributed by atoms with Crippen molar-refractivity contribution in [2.45, 2.75) is 13.0 Å². The first-order valence-corrected chi connectivity index (χ1v) is 6.39. The van der Waals surface area contributed by atoms with Gasteiger partial charge in [0.1, 0.15) is 5.75 Å². The summed E-state index contributed by atoms with van der Waals surface area (Å²) in [7, 11) is 0. The van der Waals surface area contributed by atoms with Crippen LogP contribution in [0.2, 0.25) is 0 Å². The Hall–Kier alpha value is -0.710. The number of nitrogens with two attached hydrogens (primary N) is 1. The van der Waals surface area contributed by atoms with Crippen molar-refractivity contribution in [2.75, 3.05) is 18.6 Å². The summed E-state index contributed by atoms with van der Waals surface area (Å²) in [6, 6.07) is 8.25. The van der Waals surface area contributed by atoms with Gasteiger partial charge in [-0.3, -0.25) is 11.3 Å². The maximum Gasteiger partial charge on any atom is 0.119 e. The zero-order chi connectivity index (χ0) is 11.1. The quantitative estimate of drug-likeness (QED) is 0.575. The molecule has 0 saturated heterocycles. The van der Waals surface area contributed by atoms with E-state index < -0.39 is 0 Å². The lowest BCUT2D eigenvalue weighted by Crippen LogP contribution is -2.29. The molecule has 3 N–H and O–H groups in total. The van der Waals surface area contributed by atoms with Gasteiger partial charge in [-0.1, -0.05) is 12.1 Å². The molecule has 15 heavy (non-hydrogen) atoms. The topological polar surface area (TPSA) is 47.3 Å². The van der Waals surface area contributed by atoms with E-state index in [1.165, 1.54) is 5.56 Å². The summed E-state index contributed by atoms with van der Waals surface area (Å²) in [5.41, 5.74) is 4.00. The summed E-state index contributed by atoms with van der Waals surface area (Å²) in [5, 5.41) is 0. The van der Waals surface area contributed by atoms with Crippen molar-refractivity contribution in [1.29, 1.82) is 0 Å². The Labute approximate surface area is 95.4 Å². The first-order chi connectivity index (χ1) is 7.31. The molecular weight excluding hydrogens is 208 g/mol. The highest BCUT2D eigenvalue weighted by Crippen LogP contribution is 2.19. The van der Waals surface area contributed by atoms with Crippen LogP contribution in [0.1, 0.15) is 18.5 Å². The molecule has 1 unspecified atom stereocenters. The van der Waals surface area contributed by atoms with Gasteiger partial charge in [-0.15, -0.1) is 0 Å². The van der Waals surface area contributed by atoms with Gasteiger partial charge in [0.05, 0.1) is 12.6 Å². The number of ether oxygens (including phenoxy) is 1. The Kier molecular flexibility index (Phi) is 5.53. The second-order valence-electron chi connectivity index (χ2n) is 3.18. The van der Waals surface area contributed by atoms with Crippen LogP contribution in [0, 0.1) is 0 Å². The summed E-state index contributed by atoms with van der Waals surface area (Å²) in [6.45, 7) is 2.68. The van der Waals surface area contributed by atoms with E-state index in [2.05, 4.69) is 11.7 Å². The number of hydrogen-bond acceptors (Lipinski definition) is 4. The standard InChI is InChI=1S/C11H18N2OS/c1-3-14-10-6-4-9(5-7-10)11(13-12)8-15-2/h4-7,11,13H,3,8,12H2,1-2H3. The molecule has 0 radical (unpaired) electrons. The molecule has 1 aromatic rings. The Morgan fingerprint density at radius 2 is 2.07 bits per heavy atom. The first-order valence-electron chi connectivity index (χ1n) is 4.99. The van der Waals surface area contributed by atoms with Crippen LogP contribution < -0.4 is 16.0 Å². The van der Waals surface area contributed by atoms with Gasteiger partial charge < -0.3 is 4.74 Å². The van der Waals surface area contributed by atoms with Gasteiger partial charge in [0.2, 0.25) is 0 Å². The highest BCUT2D eigenvalue weighted by Gasteiger charge is 2.08. The van der Waals surface area contributed by atoms with E-state index in [1.54, 1.807) is 11.8 Å². The molecule has 84 valence electrons. The molecule has 0 heterocycles. The zero-order valence-corrected chi connectivity index (χ0v) is 10.0. The Balaban J connectivity index is 2.68. The number of benzene rings is 1. The molecule has 0 bridgehead atoms. The molecule has 0 amide bonds. The van der Waals surface area contributed by atoms with Crippen LogP contribution in [0.25, 0.3) is 0 Å². The lowest BCUT2D eigenvalue weighted by molar-refractivity contribution is 0.340. The third kappa shape index (κ3) is 3.74. The third-order valence-corrected chi connectivity index (χ3v) is 2.79. The van der Waals surface area contributed by atoms with Crippen molar-refractivity contribution >= 4 is 11.8 Å². The molecule has 0 spiro atoms. The van der Waals surface area contributed by atoms with E-state index in [0.29, 0.717) is 6.61 Å². The van der Waals surface area contributed by atoms with Gasteiger partial charge in [-0.25, -0.2) is 0 Å². The maximum atomic E-state index is 5.49. The lowest BCUT2D eigenvalue weighted by Gasteiger charge is -2.15. The highest BCUT2D eigenvalue weighted by atomic mass is 32.2. The fourth-order valence-electron chi connectivity index (χ4n) is 1.37. The molecule has 0 aromatic heterocycles. The number of nitrogens with one attached hydrogen (secondary N) is 1. The van der Waals surface area contributed by atoms with Crippen molar-refractivity contribution in [2.24, 2.45) is 5.84 Å². The average Bonchev–Trinajstić information content (AvgIpc) is 2.28. The van der Waals surface area contributed by atoms with Crippen LogP contribution in [-0.4, -0.2) is 18.6 Å². The van der Waals surface area contributed by atoms with Crippen molar-refractivity contribution in [3.8, 4) is 5.75 Å². The molecule has 4 heteroatoms. The van der Waals surface area contributed by atoms with E-state index in [4.69, 9.17) is 10.6 Å². The summed E-state index contributed by atoms with van der Waals surface area (Å²) < 4.78 is 5.38. The molecule has 0 aliphatic carbocycles. The fourth-order valence-corrected chi connectivity index (χ4v) is 1.99. The fraction of sp³-hybridized carbons (Fsp3) is 0.455. The average molecular weight is 226 g/mol. The summed E-state index contributed by atoms with van der Waals surface area (Å²) >= 11 is 1.77. The smallest absolute Gasteiger partial charge is 0.119 e. The van der Waals surface area contributed by atoms with Crippen LogP contribution in [0.3, 0.4) is 0 Å². The largest absolute Gasteiger partial charge is 0.494 e. The molecule has 0 aliphatic heterocycles. The zero-order valence-electron chi connectivity index (χ0n) is 9.19. The molecule has 1 aromatic carbocycles. The van der Waals surface area contributed by atoms with Crippen LogP contribution >= 0.6 is 11.8 Å². The Morgan fingerprint density at radius 1 is 1.40 bits per heavy atom. The maximum absolute atomic E-state index is 5.49. The van der Waals surface area contributed by atoms with E-state index in [9.17, 15) is 0 Å². The van der Waals surface area contributed by atoms with Crippen molar-refractivity contribution in [3.05, 3.63) is 29.8 Å². The van der Waals surface area contributed by atoms with Crippen LogP contribution in [0.5, 0.6) is 5.75 Å². The van der Waals surface area contributed by atoms with Gasteiger partial charge >= 0.3 is 0 Å². The Morgan fingerprint density at radius 3 is 2.53 bits per heavy atom. The Bertz CT molecular complexity index is 276. The van der Waals surface area contributed by atoms with E-state index >= 15 is 0 Å². The SMILES string of the molecule is CCOc1ccc(C(CSC)NN)cc1. The number of hydrogen-bond donors (Lipinski definition) is 2. The number of hydrazine groups is 1. The molecule has 0 saturated carbocycles. The summed E-state index contributed by atoms with van der Waals surface area (Å²) in [4.78, 5) is 0. The second-order valence-corrected chi connectivity index (χ2v) is 4.09. The minimum absolute atomic E-state index is 0.204. The third-order valence-electron chi connectivity index (χ3n) is 2.13.